The van der Waals surface area contributed by atoms with Gasteiger partial charge in [0, 0.05) is 16.1 Å². The fourth-order valence-electron chi connectivity index (χ4n) is 1.86. The van der Waals surface area contributed by atoms with Crippen molar-refractivity contribution in [2.24, 2.45) is 0 Å². The highest BCUT2D eigenvalue weighted by Gasteiger charge is 2.24. The fraction of sp³-hybridized carbons (Fsp3) is 0.286. The summed E-state index contributed by atoms with van der Waals surface area (Å²) in [4.78, 5) is 15.8. The predicted molar refractivity (Wildman–Crippen MR) is 74.4 cm³/mol. The number of ether oxygens (including phenoxy) is 2. The van der Waals surface area contributed by atoms with Crippen molar-refractivity contribution in [2.75, 3.05) is 7.11 Å². The maximum Gasteiger partial charge on any atom is 0.339 e. The van der Waals surface area contributed by atoms with Gasteiger partial charge in [-0.15, -0.1) is 0 Å². The van der Waals surface area contributed by atoms with Crippen LogP contribution in [0.3, 0.4) is 0 Å². The molecule has 0 radical (unpaired) electrons. The van der Waals surface area contributed by atoms with Gasteiger partial charge in [0.15, 0.2) is 0 Å². The molecule has 4 nitrogen and oxygen atoms in total. The first-order chi connectivity index (χ1) is 9.17. The van der Waals surface area contributed by atoms with Gasteiger partial charge in [-0.1, -0.05) is 0 Å². The molecule has 0 unspecified atom stereocenters. The average molecular weight is 322 g/mol. The van der Waals surface area contributed by atoms with E-state index in [0.717, 1.165) is 34.0 Å². The maximum atomic E-state index is 11.5. The van der Waals surface area contributed by atoms with Crippen molar-refractivity contribution in [1.82, 2.24) is 4.98 Å². The van der Waals surface area contributed by atoms with Gasteiger partial charge in [0.1, 0.15) is 5.75 Å². The Bertz CT molecular complexity index is 652. The van der Waals surface area contributed by atoms with Gasteiger partial charge < -0.3 is 9.47 Å². The summed E-state index contributed by atoms with van der Waals surface area (Å²) < 4.78 is 11.3. The fourth-order valence-corrected chi connectivity index (χ4v) is 2.41. The normalized spacial score (nSPS) is 14.4. The lowest BCUT2D eigenvalue weighted by molar-refractivity contribution is 0.0600. The summed E-state index contributed by atoms with van der Waals surface area (Å²) >= 11 is 3.48. The second-order valence-electron chi connectivity index (χ2n) is 4.51. The molecule has 98 valence electrons. The third-order valence-corrected chi connectivity index (χ3v) is 3.56. The van der Waals surface area contributed by atoms with Gasteiger partial charge in [-0.25, -0.2) is 4.79 Å². The van der Waals surface area contributed by atoms with Gasteiger partial charge in [-0.3, -0.25) is 4.98 Å². The zero-order valence-electron chi connectivity index (χ0n) is 10.4. The summed E-state index contributed by atoms with van der Waals surface area (Å²) in [7, 11) is 1.36. The molecule has 0 amide bonds. The molecule has 1 heterocycles. The number of fused-ring (bicyclic) bond motifs is 1. The number of rotatable bonds is 3. The van der Waals surface area contributed by atoms with Crippen LogP contribution in [0.2, 0.25) is 0 Å². The quantitative estimate of drug-likeness (QED) is 0.814. The predicted octanol–water partition coefficient (Wildman–Crippen LogP) is 3.33. The van der Waals surface area contributed by atoms with E-state index in [1.807, 2.05) is 12.1 Å². The summed E-state index contributed by atoms with van der Waals surface area (Å²) in [5.41, 5.74) is 1.24. The zero-order valence-corrected chi connectivity index (χ0v) is 11.9. The lowest BCUT2D eigenvalue weighted by atomic mass is 10.1. The molecule has 5 heteroatoms. The Morgan fingerprint density at radius 2 is 2.16 bits per heavy atom. The number of hydrogen-bond donors (Lipinski definition) is 0. The first-order valence-corrected chi connectivity index (χ1v) is 6.81. The first kappa shape index (κ1) is 12.4. The lowest BCUT2D eigenvalue weighted by Crippen LogP contribution is -2.02. The molecule has 1 aromatic carbocycles. The Kier molecular flexibility index (Phi) is 3.14. The third-order valence-electron chi connectivity index (χ3n) is 2.96. The Morgan fingerprint density at radius 1 is 1.37 bits per heavy atom. The minimum atomic E-state index is -0.390. The number of halogens is 1. The molecular formula is C14H12BrNO3. The van der Waals surface area contributed by atoms with Gasteiger partial charge in [-0.2, -0.15) is 0 Å². The third kappa shape index (κ3) is 2.56. The molecule has 19 heavy (non-hydrogen) atoms. The number of aromatic nitrogens is 1. The van der Waals surface area contributed by atoms with E-state index in [-0.39, 0.29) is 5.97 Å². The topological polar surface area (TPSA) is 48.4 Å². The average Bonchev–Trinajstić information content (AvgIpc) is 3.21. The molecule has 1 aromatic heterocycles. The zero-order chi connectivity index (χ0) is 13.4. The van der Waals surface area contributed by atoms with Crippen LogP contribution in [-0.2, 0) is 4.74 Å². The monoisotopic (exact) mass is 321 g/mol. The van der Waals surface area contributed by atoms with Crippen molar-refractivity contribution in [3.05, 3.63) is 34.4 Å². The number of hydrogen-bond acceptors (Lipinski definition) is 4. The van der Waals surface area contributed by atoms with Crippen LogP contribution in [-0.4, -0.2) is 24.2 Å². The maximum absolute atomic E-state index is 11.5. The van der Waals surface area contributed by atoms with E-state index in [1.54, 1.807) is 6.07 Å². The van der Waals surface area contributed by atoms with Gasteiger partial charge in [0.25, 0.3) is 0 Å². The number of benzene rings is 1. The molecule has 1 aliphatic rings. The lowest BCUT2D eigenvalue weighted by Gasteiger charge is -2.08. The van der Waals surface area contributed by atoms with Gasteiger partial charge >= 0.3 is 5.97 Å². The van der Waals surface area contributed by atoms with Crippen LogP contribution in [0.4, 0.5) is 0 Å². The van der Waals surface area contributed by atoms with E-state index in [1.165, 1.54) is 13.3 Å². The van der Waals surface area contributed by atoms with Crippen molar-refractivity contribution >= 4 is 32.8 Å². The van der Waals surface area contributed by atoms with Crippen LogP contribution >= 0.6 is 15.9 Å². The van der Waals surface area contributed by atoms with E-state index < -0.39 is 0 Å². The largest absolute Gasteiger partial charge is 0.490 e. The minimum absolute atomic E-state index is 0.334. The standard InChI is InChI=1S/C14H12BrNO3/c1-18-14(17)9-4-8-5-11(19-10-2-3-10)6-12(15)13(8)16-7-9/h4-7,10H,2-3H2,1H3. The van der Waals surface area contributed by atoms with Gasteiger partial charge in [0.05, 0.1) is 24.3 Å². The van der Waals surface area contributed by atoms with Crippen molar-refractivity contribution in [3.8, 4) is 5.75 Å². The highest BCUT2D eigenvalue weighted by Crippen LogP contribution is 2.32. The summed E-state index contributed by atoms with van der Waals surface area (Å²) in [5.74, 6) is 0.407. The Labute approximate surface area is 118 Å². The molecule has 1 aliphatic carbocycles. The van der Waals surface area contributed by atoms with E-state index in [4.69, 9.17) is 9.47 Å². The van der Waals surface area contributed by atoms with Crippen LogP contribution in [0.5, 0.6) is 5.75 Å². The summed E-state index contributed by atoms with van der Waals surface area (Å²) in [6.45, 7) is 0. The van der Waals surface area contributed by atoms with Crippen LogP contribution in [0.25, 0.3) is 10.9 Å². The molecule has 1 fully saturated rings. The van der Waals surface area contributed by atoms with E-state index >= 15 is 0 Å². The van der Waals surface area contributed by atoms with Crippen LogP contribution in [0.15, 0.2) is 28.9 Å². The molecular weight excluding hydrogens is 310 g/mol. The summed E-state index contributed by atoms with van der Waals surface area (Å²) in [6.07, 6.45) is 4.06. The van der Waals surface area contributed by atoms with Crippen LogP contribution in [0, 0.1) is 0 Å². The number of esters is 1. The summed E-state index contributed by atoms with van der Waals surface area (Å²) in [6, 6.07) is 5.57. The Morgan fingerprint density at radius 3 is 2.84 bits per heavy atom. The van der Waals surface area contributed by atoms with Crippen LogP contribution < -0.4 is 4.74 Å². The molecule has 0 N–H and O–H groups in total. The van der Waals surface area contributed by atoms with Gasteiger partial charge in [0.2, 0.25) is 0 Å². The highest BCUT2D eigenvalue weighted by atomic mass is 79.9. The van der Waals surface area contributed by atoms with E-state index in [9.17, 15) is 4.79 Å². The molecule has 0 aliphatic heterocycles. The second-order valence-corrected chi connectivity index (χ2v) is 5.36. The molecule has 0 atom stereocenters. The number of pyridine rings is 1. The SMILES string of the molecule is COC(=O)c1cnc2c(Br)cc(OC3CC3)cc2c1. The van der Waals surface area contributed by atoms with Crippen molar-refractivity contribution < 1.29 is 14.3 Å². The highest BCUT2D eigenvalue weighted by molar-refractivity contribution is 9.10. The van der Waals surface area contributed by atoms with Crippen molar-refractivity contribution in [3.63, 3.8) is 0 Å². The molecule has 0 saturated heterocycles. The number of nitrogens with zero attached hydrogens (tertiary/aromatic N) is 1. The van der Waals surface area contributed by atoms with Crippen LogP contribution in [0.1, 0.15) is 23.2 Å². The first-order valence-electron chi connectivity index (χ1n) is 6.01. The Balaban J connectivity index is 2.05. The molecule has 1 saturated carbocycles. The van der Waals surface area contributed by atoms with Crippen molar-refractivity contribution in [2.45, 2.75) is 18.9 Å². The smallest absolute Gasteiger partial charge is 0.339 e. The van der Waals surface area contributed by atoms with Crippen molar-refractivity contribution in [1.29, 1.82) is 0 Å². The molecule has 2 aromatic rings. The molecule has 0 spiro atoms. The minimum Gasteiger partial charge on any atom is -0.490 e. The number of carbonyl (C=O) groups excluding carboxylic acids is 1. The Hall–Kier alpha value is -1.62. The second kappa shape index (κ2) is 4.81. The van der Waals surface area contributed by atoms with E-state index in [0.29, 0.717) is 11.7 Å². The summed E-state index contributed by atoms with van der Waals surface area (Å²) in [5, 5.41) is 0.855. The number of methoxy groups -OCH3 is 1. The van der Waals surface area contributed by atoms with Gasteiger partial charge in [-0.05, 0) is 47.0 Å². The molecule has 0 bridgehead atoms. The van der Waals surface area contributed by atoms with E-state index in [2.05, 4.69) is 20.9 Å². The molecule has 3 rings (SSSR count). The number of carbonyl (C=O) groups is 1.